The molecule has 0 heterocycles. The minimum atomic E-state index is -0.782. The fraction of sp³-hybridized carbons (Fsp3) is 0.333. The van der Waals surface area contributed by atoms with Crippen molar-refractivity contribution in [3.8, 4) is 0 Å². The average Bonchev–Trinajstić information content (AvgIpc) is 2.39. The van der Waals surface area contributed by atoms with Gasteiger partial charge in [-0.25, -0.2) is 0 Å². The highest BCUT2D eigenvalue weighted by atomic mass is 16.3. The lowest BCUT2D eigenvalue weighted by molar-refractivity contribution is 0.0786. The van der Waals surface area contributed by atoms with Crippen LogP contribution in [0.15, 0.2) is 54.6 Å². The van der Waals surface area contributed by atoms with E-state index in [0.29, 0.717) is 0 Å². The van der Waals surface area contributed by atoms with Crippen molar-refractivity contribution in [3.05, 3.63) is 71.3 Å². The van der Waals surface area contributed by atoms with Gasteiger partial charge in [-0.1, -0.05) is 68.4 Å². The van der Waals surface area contributed by atoms with Crippen molar-refractivity contribution in [3.63, 3.8) is 0 Å². The van der Waals surface area contributed by atoms with Gasteiger partial charge in [0, 0.05) is 5.41 Å². The second-order valence-corrected chi connectivity index (χ2v) is 6.13. The number of hydrogen-bond acceptors (Lipinski definition) is 1. The minimum Gasteiger partial charge on any atom is -0.386 e. The summed E-state index contributed by atoms with van der Waals surface area (Å²) < 4.78 is 0. The Labute approximate surface area is 115 Å². The SMILES string of the molecule is CC(C)(O)c1ccc(C(C)(C)c2ccccc2)cc1. The molecule has 0 atom stereocenters. The Bertz CT molecular complexity index is 530. The van der Waals surface area contributed by atoms with Crippen molar-refractivity contribution in [1.29, 1.82) is 0 Å². The molecule has 2 aromatic rings. The van der Waals surface area contributed by atoms with Gasteiger partial charge in [-0.2, -0.15) is 0 Å². The number of benzene rings is 2. The Morgan fingerprint density at radius 1 is 0.632 bits per heavy atom. The van der Waals surface area contributed by atoms with Crippen molar-refractivity contribution in [1.82, 2.24) is 0 Å². The predicted octanol–water partition coefficient (Wildman–Crippen LogP) is 4.24. The zero-order valence-corrected chi connectivity index (χ0v) is 12.1. The topological polar surface area (TPSA) is 20.2 Å². The molecule has 0 spiro atoms. The Hall–Kier alpha value is -1.60. The third-order valence-electron chi connectivity index (χ3n) is 3.81. The minimum absolute atomic E-state index is 0.0284. The highest BCUT2D eigenvalue weighted by molar-refractivity contribution is 5.39. The van der Waals surface area contributed by atoms with E-state index in [-0.39, 0.29) is 5.41 Å². The molecule has 0 aliphatic carbocycles. The van der Waals surface area contributed by atoms with Crippen LogP contribution in [0.4, 0.5) is 0 Å². The van der Waals surface area contributed by atoms with Crippen molar-refractivity contribution in [2.45, 2.75) is 38.7 Å². The third-order valence-corrected chi connectivity index (χ3v) is 3.81. The van der Waals surface area contributed by atoms with Crippen LogP contribution in [-0.2, 0) is 11.0 Å². The van der Waals surface area contributed by atoms with Gasteiger partial charge in [0.2, 0.25) is 0 Å². The molecule has 0 radical (unpaired) electrons. The van der Waals surface area contributed by atoms with E-state index in [9.17, 15) is 5.11 Å². The summed E-state index contributed by atoms with van der Waals surface area (Å²) in [7, 11) is 0. The predicted molar refractivity (Wildman–Crippen MR) is 80.3 cm³/mol. The summed E-state index contributed by atoms with van der Waals surface area (Å²) >= 11 is 0. The van der Waals surface area contributed by atoms with Gasteiger partial charge >= 0.3 is 0 Å². The highest BCUT2D eigenvalue weighted by Gasteiger charge is 2.23. The molecule has 2 aromatic carbocycles. The molecule has 0 aliphatic heterocycles. The lowest BCUT2D eigenvalue weighted by Crippen LogP contribution is -2.20. The lowest BCUT2D eigenvalue weighted by Gasteiger charge is -2.27. The van der Waals surface area contributed by atoms with Crippen LogP contribution in [0.1, 0.15) is 44.4 Å². The first-order chi connectivity index (χ1) is 8.82. The van der Waals surface area contributed by atoms with Crippen LogP contribution in [0.25, 0.3) is 0 Å². The summed E-state index contributed by atoms with van der Waals surface area (Å²) in [5.74, 6) is 0. The van der Waals surface area contributed by atoms with Gasteiger partial charge < -0.3 is 5.11 Å². The van der Waals surface area contributed by atoms with Gasteiger partial charge in [0.25, 0.3) is 0 Å². The molecule has 1 nitrogen and oxygen atoms in total. The van der Waals surface area contributed by atoms with E-state index in [1.165, 1.54) is 11.1 Å². The van der Waals surface area contributed by atoms with E-state index < -0.39 is 5.60 Å². The molecule has 0 amide bonds. The summed E-state index contributed by atoms with van der Waals surface area (Å²) in [6, 6.07) is 18.7. The van der Waals surface area contributed by atoms with Crippen LogP contribution < -0.4 is 0 Å². The Balaban J connectivity index is 2.37. The third kappa shape index (κ3) is 2.87. The maximum atomic E-state index is 10.00. The Kier molecular flexibility index (Phi) is 3.51. The largest absolute Gasteiger partial charge is 0.386 e. The number of hydrogen-bond donors (Lipinski definition) is 1. The van der Waals surface area contributed by atoms with Crippen LogP contribution in [0, 0.1) is 0 Å². The van der Waals surface area contributed by atoms with E-state index in [2.05, 4.69) is 50.2 Å². The summed E-state index contributed by atoms with van der Waals surface area (Å²) in [4.78, 5) is 0. The zero-order valence-electron chi connectivity index (χ0n) is 12.1. The highest BCUT2D eigenvalue weighted by Crippen LogP contribution is 2.32. The fourth-order valence-corrected chi connectivity index (χ4v) is 2.32. The van der Waals surface area contributed by atoms with Gasteiger partial charge in [-0.15, -0.1) is 0 Å². The van der Waals surface area contributed by atoms with Crippen LogP contribution in [0.5, 0.6) is 0 Å². The Morgan fingerprint density at radius 3 is 1.53 bits per heavy atom. The average molecular weight is 254 g/mol. The van der Waals surface area contributed by atoms with Gasteiger partial charge in [0.1, 0.15) is 0 Å². The summed E-state index contributed by atoms with van der Waals surface area (Å²) in [6.07, 6.45) is 0. The maximum absolute atomic E-state index is 10.00. The molecule has 2 rings (SSSR count). The van der Waals surface area contributed by atoms with E-state index in [1.807, 2.05) is 32.0 Å². The monoisotopic (exact) mass is 254 g/mol. The quantitative estimate of drug-likeness (QED) is 0.868. The van der Waals surface area contributed by atoms with Crippen molar-refractivity contribution in [2.75, 3.05) is 0 Å². The van der Waals surface area contributed by atoms with Crippen molar-refractivity contribution in [2.24, 2.45) is 0 Å². The lowest BCUT2D eigenvalue weighted by atomic mass is 9.77. The summed E-state index contributed by atoms with van der Waals surface area (Å²) in [5.41, 5.74) is 2.69. The summed E-state index contributed by atoms with van der Waals surface area (Å²) in [6.45, 7) is 8.07. The van der Waals surface area contributed by atoms with Gasteiger partial charge in [-0.3, -0.25) is 0 Å². The smallest absolute Gasteiger partial charge is 0.0840 e. The molecule has 0 saturated heterocycles. The molecule has 0 aromatic heterocycles. The molecule has 0 saturated carbocycles. The van der Waals surface area contributed by atoms with Crippen LogP contribution in [0.3, 0.4) is 0 Å². The Morgan fingerprint density at radius 2 is 1.05 bits per heavy atom. The second-order valence-electron chi connectivity index (χ2n) is 6.13. The first-order valence-corrected chi connectivity index (χ1v) is 6.71. The van der Waals surface area contributed by atoms with Gasteiger partial charge in [-0.05, 0) is 30.5 Å². The molecule has 1 heteroatoms. The molecule has 1 N–H and O–H groups in total. The second kappa shape index (κ2) is 4.82. The van der Waals surface area contributed by atoms with E-state index in [4.69, 9.17) is 0 Å². The van der Waals surface area contributed by atoms with Crippen LogP contribution >= 0.6 is 0 Å². The molecule has 0 fully saturated rings. The van der Waals surface area contributed by atoms with Crippen LogP contribution in [0.2, 0.25) is 0 Å². The maximum Gasteiger partial charge on any atom is 0.0840 e. The first kappa shape index (κ1) is 13.8. The molecular weight excluding hydrogens is 232 g/mol. The van der Waals surface area contributed by atoms with E-state index in [0.717, 1.165) is 5.56 Å². The standard InChI is InChI=1S/C18H22O/c1-17(2,14-8-6-5-7-9-14)15-10-12-16(13-11-15)18(3,4)19/h5-13,19H,1-4H3. The van der Waals surface area contributed by atoms with Crippen molar-refractivity contribution < 1.29 is 5.11 Å². The normalized spacial score (nSPS) is 12.5. The number of aliphatic hydroxyl groups is 1. The molecule has 0 unspecified atom stereocenters. The van der Waals surface area contributed by atoms with Gasteiger partial charge in [0.15, 0.2) is 0 Å². The molecule has 0 bridgehead atoms. The summed E-state index contributed by atoms with van der Waals surface area (Å²) in [5, 5.41) is 10.00. The van der Waals surface area contributed by atoms with Gasteiger partial charge in [0.05, 0.1) is 5.60 Å². The van der Waals surface area contributed by atoms with Crippen molar-refractivity contribution >= 4 is 0 Å². The van der Waals surface area contributed by atoms with E-state index >= 15 is 0 Å². The fourth-order valence-electron chi connectivity index (χ4n) is 2.32. The molecular formula is C18H22O. The van der Waals surface area contributed by atoms with E-state index in [1.54, 1.807) is 0 Å². The first-order valence-electron chi connectivity index (χ1n) is 6.71. The number of rotatable bonds is 3. The van der Waals surface area contributed by atoms with Crippen LogP contribution in [-0.4, -0.2) is 5.11 Å². The molecule has 0 aliphatic rings. The molecule has 19 heavy (non-hydrogen) atoms. The zero-order chi connectivity index (χ0) is 14.1. The molecule has 100 valence electrons.